The van der Waals surface area contributed by atoms with Crippen molar-refractivity contribution < 1.29 is 18.5 Å². The van der Waals surface area contributed by atoms with Crippen LogP contribution >= 0.6 is 20.2 Å². The lowest BCUT2D eigenvalue weighted by Gasteiger charge is -2.28. The van der Waals surface area contributed by atoms with Crippen LogP contribution in [0.3, 0.4) is 0 Å². The van der Waals surface area contributed by atoms with Gasteiger partial charge >= 0.3 is 7.60 Å². The van der Waals surface area contributed by atoms with E-state index in [-0.39, 0.29) is 25.9 Å². The van der Waals surface area contributed by atoms with Crippen LogP contribution in [-0.4, -0.2) is 17.6 Å². The smallest absolute Gasteiger partial charge is 0.328 e. The van der Waals surface area contributed by atoms with Crippen molar-refractivity contribution >= 4 is 20.2 Å². The van der Waals surface area contributed by atoms with Gasteiger partial charge in [-0.15, -0.1) is 0 Å². The Labute approximate surface area is 207 Å². The summed E-state index contributed by atoms with van der Waals surface area (Å²) in [6.07, 6.45) is 1.30. The molecule has 3 N–H and O–H groups in total. The van der Waals surface area contributed by atoms with Crippen molar-refractivity contribution in [2.24, 2.45) is 5.73 Å². The molecule has 0 aliphatic carbocycles. The summed E-state index contributed by atoms with van der Waals surface area (Å²) in [7, 11) is -3.36. The molecule has 3 aromatic rings. The zero-order valence-corrected chi connectivity index (χ0v) is 21.0. The third-order valence-electron chi connectivity index (χ3n) is 5.25. The van der Waals surface area contributed by atoms with Gasteiger partial charge < -0.3 is 14.8 Å². The maximum Gasteiger partial charge on any atom is 0.331 e. The quantitative estimate of drug-likeness (QED) is 0.107. The Morgan fingerprint density at radius 3 is 1.65 bits per heavy atom. The molecule has 0 saturated carbocycles. The standard InChI is InChI=1S/C26H33N2O4PS/c27-22-26(34,28-30-19-23-11-4-1-5-12-23)17-10-18-33(29,31-20-24-13-6-2-7-14-24)32-21-25-15-8-3-9-16-25/h1-9,11-16,28,34H,10,17-22,27H2. The summed E-state index contributed by atoms with van der Waals surface area (Å²) in [6, 6.07) is 29.1. The van der Waals surface area contributed by atoms with Crippen LogP contribution in [0.2, 0.25) is 0 Å². The summed E-state index contributed by atoms with van der Waals surface area (Å²) in [5, 5.41) is 0. The molecular weight excluding hydrogens is 467 g/mol. The molecule has 0 saturated heterocycles. The van der Waals surface area contributed by atoms with Gasteiger partial charge in [-0.2, -0.15) is 18.1 Å². The van der Waals surface area contributed by atoms with Crippen LogP contribution in [0.1, 0.15) is 29.5 Å². The topological polar surface area (TPSA) is 82.8 Å². The van der Waals surface area contributed by atoms with Crippen molar-refractivity contribution in [1.82, 2.24) is 5.48 Å². The summed E-state index contributed by atoms with van der Waals surface area (Å²) in [4.78, 5) is 4.87. The van der Waals surface area contributed by atoms with Crippen LogP contribution in [-0.2, 0) is 38.3 Å². The molecule has 34 heavy (non-hydrogen) atoms. The fourth-order valence-electron chi connectivity index (χ4n) is 3.25. The molecule has 8 heteroatoms. The Morgan fingerprint density at radius 2 is 1.21 bits per heavy atom. The predicted octanol–water partition coefficient (Wildman–Crippen LogP) is 5.70. The highest BCUT2D eigenvalue weighted by Gasteiger charge is 2.29. The van der Waals surface area contributed by atoms with E-state index < -0.39 is 12.5 Å². The van der Waals surface area contributed by atoms with Crippen LogP contribution in [0.25, 0.3) is 0 Å². The number of hydrogen-bond acceptors (Lipinski definition) is 7. The molecule has 3 rings (SSSR count). The number of hydrogen-bond donors (Lipinski definition) is 3. The predicted molar refractivity (Wildman–Crippen MR) is 139 cm³/mol. The average molecular weight is 501 g/mol. The molecular formula is C26H33N2O4PS. The van der Waals surface area contributed by atoms with E-state index in [1.165, 1.54) is 0 Å². The summed E-state index contributed by atoms with van der Waals surface area (Å²) in [5.41, 5.74) is 11.8. The number of nitrogens with two attached hydrogens (primary N) is 1. The lowest BCUT2D eigenvalue weighted by Crippen LogP contribution is -2.46. The number of nitrogens with one attached hydrogen (secondary N) is 1. The maximum absolute atomic E-state index is 13.6. The van der Waals surface area contributed by atoms with Gasteiger partial charge in [0, 0.05) is 6.54 Å². The van der Waals surface area contributed by atoms with Gasteiger partial charge in [0.25, 0.3) is 0 Å². The minimum atomic E-state index is -3.36. The van der Waals surface area contributed by atoms with E-state index in [9.17, 15) is 4.57 Å². The second-order valence-electron chi connectivity index (χ2n) is 8.07. The Balaban J connectivity index is 1.54. The highest BCUT2D eigenvalue weighted by molar-refractivity contribution is 7.81. The maximum atomic E-state index is 13.6. The molecule has 1 atom stereocenters. The third-order valence-corrected chi connectivity index (χ3v) is 7.65. The highest BCUT2D eigenvalue weighted by Crippen LogP contribution is 2.50. The molecule has 6 nitrogen and oxygen atoms in total. The van der Waals surface area contributed by atoms with Gasteiger partial charge in [0.1, 0.15) is 0 Å². The first kappa shape index (κ1) is 26.6. The molecule has 0 heterocycles. The van der Waals surface area contributed by atoms with Crippen molar-refractivity contribution in [1.29, 1.82) is 0 Å². The fourth-order valence-corrected chi connectivity index (χ4v) is 5.04. The van der Waals surface area contributed by atoms with Gasteiger partial charge in [-0.25, -0.2) is 0 Å². The molecule has 0 radical (unpaired) electrons. The summed E-state index contributed by atoms with van der Waals surface area (Å²) < 4.78 is 25.3. The Kier molecular flexibility index (Phi) is 10.8. The Hall–Kier alpha value is -1.96. The van der Waals surface area contributed by atoms with Crippen LogP contribution in [0.15, 0.2) is 91.0 Å². The molecule has 0 fully saturated rings. The van der Waals surface area contributed by atoms with Gasteiger partial charge in [-0.3, -0.25) is 9.40 Å². The van der Waals surface area contributed by atoms with Crippen molar-refractivity contribution in [2.75, 3.05) is 12.7 Å². The van der Waals surface area contributed by atoms with Crippen molar-refractivity contribution in [3.63, 3.8) is 0 Å². The zero-order valence-electron chi connectivity index (χ0n) is 19.2. The first-order chi connectivity index (χ1) is 16.5. The largest absolute Gasteiger partial charge is 0.331 e. The van der Waals surface area contributed by atoms with E-state index in [0.29, 0.717) is 19.4 Å². The minimum Gasteiger partial charge on any atom is -0.328 e. The molecule has 3 aromatic carbocycles. The van der Waals surface area contributed by atoms with Gasteiger partial charge in [-0.1, -0.05) is 91.0 Å². The summed E-state index contributed by atoms with van der Waals surface area (Å²) in [5.74, 6) is 0. The van der Waals surface area contributed by atoms with E-state index in [0.717, 1.165) is 16.7 Å². The lowest BCUT2D eigenvalue weighted by atomic mass is 10.2. The van der Waals surface area contributed by atoms with E-state index >= 15 is 0 Å². The Bertz CT molecular complexity index is 964. The fraction of sp³-hybridized carbons (Fsp3) is 0.308. The minimum absolute atomic E-state index is 0.217. The van der Waals surface area contributed by atoms with Gasteiger partial charge in [0.2, 0.25) is 0 Å². The molecule has 0 bridgehead atoms. The highest BCUT2D eigenvalue weighted by atomic mass is 32.1. The third kappa shape index (κ3) is 9.35. The molecule has 0 aliphatic rings. The number of benzene rings is 3. The molecule has 0 spiro atoms. The van der Waals surface area contributed by atoms with Crippen LogP contribution < -0.4 is 11.2 Å². The monoisotopic (exact) mass is 500 g/mol. The number of rotatable bonds is 15. The van der Waals surface area contributed by atoms with Gasteiger partial charge in [0.05, 0.1) is 30.9 Å². The molecule has 1 unspecified atom stereocenters. The zero-order chi connectivity index (χ0) is 24.1. The SMILES string of the molecule is NCC(S)(CCCP(=O)(OCc1ccccc1)OCc1ccccc1)NOCc1ccccc1. The normalized spacial score (nSPS) is 13.5. The van der Waals surface area contributed by atoms with Crippen LogP contribution in [0.4, 0.5) is 0 Å². The van der Waals surface area contributed by atoms with Crippen LogP contribution in [0.5, 0.6) is 0 Å². The van der Waals surface area contributed by atoms with Crippen molar-refractivity contribution in [3.8, 4) is 0 Å². The molecule has 0 aromatic heterocycles. The average Bonchev–Trinajstić information content (AvgIpc) is 2.88. The second-order valence-corrected chi connectivity index (χ2v) is 11.1. The van der Waals surface area contributed by atoms with Crippen LogP contribution in [0, 0.1) is 0 Å². The lowest BCUT2D eigenvalue weighted by molar-refractivity contribution is -0.00577. The van der Waals surface area contributed by atoms with Gasteiger partial charge in [-0.05, 0) is 29.5 Å². The van der Waals surface area contributed by atoms with Gasteiger partial charge in [0.15, 0.2) is 0 Å². The molecule has 0 aliphatic heterocycles. The first-order valence-electron chi connectivity index (χ1n) is 11.3. The second kappa shape index (κ2) is 13.8. The number of thiol groups is 1. The van der Waals surface area contributed by atoms with Crippen molar-refractivity contribution in [2.45, 2.75) is 37.5 Å². The van der Waals surface area contributed by atoms with E-state index in [1.807, 2.05) is 91.0 Å². The summed E-state index contributed by atoms with van der Waals surface area (Å²) >= 11 is 4.68. The van der Waals surface area contributed by atoms with Crippen molar-refractivity contribution in [3.05, 3.63) is 108 Å². The van der Waals surface area contributed by atoms with E-state index in [2.05, 4.69) is 18.1 Å². The van der Waals surface area contributed by atoms with E-state index in [1.54, 1.807) is 0 Å². The Morgan fingerprint density at radius 1 is 0.765 bits per heavy atom. The summed E-state index contributed by atoms with van der Waals surface area (Å²) in [6.45, 7) is 1.06. The van der Waals surface area contributed by atoms with E-state index in [4.69, 9.17) is 19.6 Å². The first-order valence-corrected chi connectivity index (χ1v) is 13.5. The molecule has 182 valence electrons. The molecule has 0 amide bonds. The number of hydroxylamine groups is 1.